The number of hydrogen-bond acceptors (Lipinski definition) is 7. The van der Waals surface area contributed by atoms with Gasteiger partial charge in [0.15, 0.2) is 0 Å². The zero-order valence-corrected chi connectivity index (χ0v) is 25.5. The summed E-state index contributed by atoms with van der Waals surface area (Å²) in [4.78, 5) is 15.7. The molecule has 0 saturated carbocycles. The lowest BCUT2D eigenvalue weighted by Crippen LogP contribution is -2.34. The molecule has 0 aliphatic carbocycles. The fourth-order valence-corrected chi connectivity index (χ4v) is 6.34. The molecule has 0 saturated heterocycles. The van der Waals surface area contributed by atoms with Gasteiger partial charge in [-0.25, -0.2) is 5.84 Å². The zero-order chi connectivity index (χ0) is 30.2. The number of methoxy groups -OCH3 is 1. The van der Waals surface area contributed by atoms with Crippen molar-refractivity contribution in [3.8, 4) is 5.75 Å². The topological polar surface area (TPSA) is 94.0 Å². The van der Waals surface area contributed by atoms with E-state index in [-0.39, 0.29) is 11.9 Å². The summed E-state index contributed by atoms with van der Waals surface area (Å²) >= 11 is 0. The Kier molecular flexibility index (Phi) is 8.17. The molecule has 1 unspecified atom stereocenters. The second-order valence-electron chi connectivity index (χ2n) is 12.0. The van der Waals surface area contributed by atoms with Crippen LogP contribution in [0.1, 0.15) is 53.1 Å². The third-order valence-electron chi connectivity index (χ3n) is 8.80. The summed E-state index contributed by atoms with van der Waals surface area (Å²) in [5.41, 5.74) is 13.6. The number of nitrogen functional groups attached to an aromatic ring is 1. The van der Waals surface area contributed by atoms with Crippen LogP contribution in [0.4, 0.5) is 11.4 Å². The minimum Gasteiger partial charge on any atom is -0.492 e. The van der Waals surface area contributed by atoms with E-state index in [1.165, 1.54) is 39.6 Å². The number of esters is 1. The largest absolute Gasteiger partial charge is 0.492 e. The lowest BCUT2D eigenvalue weighted by Gasteiger charge is -2.35. The molecule has 0 amide bonds. The molecule has 5 rings (SSSR count). The minimum atomic E-state index is -0.858. The quantitative estimate of drug-likeness (QED) is 0.121. The van der Waals surface area contributed by atoms with Crippen LogP contribution in [-0.2, 0) is 22.6 Å². The van der Waals surface area contributed by atoms with Crippen molar-refractivity contribution in [3.63, 3.8) is 0 Å². The summed E-state index contributed by atoms with van der Waals surface area (Å²) in [5.74, 6) is 6.43. The van der Waals surface area contributed by atoms with Gasteiger partial charge in [0.2, 0.25) is 0 Å². The molecular weight excluding hydrogens is 524 g/mol. The Morgan fingerprint density at radius 3 is 2.60 bits per heavy atom. The molecule has 7 heteroatoms. The number of nitrogens with zero attached hydrogens (tertiary/aromatic N) is 2. The molecule has 42 heavy (non-hydrogen) atoms. The van der Waals surface area contributed by atoms with Gasteiger partial charge in [-0.2, -0.15) is 0 Å². The van der Waals surface area contributed by atoms with Crippen LogP contribution in [0.2, 0.25) is 0 Å². The highest BCUT2D eigenvalue weighted by atomic mass is 16.5. The Morgan fingerprint density at radius 2 is 1.86 bits per heavy atom. The number of carbonyl (C=O) groups excluding carboxylic acids is 1. The van der Waals surface area contributed by atoms with Crippen LogP contribution in [0.5, 0.6) is 5.75 Å². The Labute approximate surface area is 249 Å². The van der Waals surface area contributed by atoms with Crippen molar-refractivity contribution in [3.05, 3.63) is 100 Å². The van der Waals surface area contributed by atoms with Gasteiger partial charge in [0.1, 0.15) is 12.4 Å². The number of carbonyl (C=O) groups is 1. The highest BCUT2D eigenvalue weighted by molar-refractivity contribution is 5.87. The Hall–Kier alpha value is -4.07. The monoisotopic (exact) mass is 566 g/mol. The number of fused-ring (bicyclic) bond motifs is 3. The zero-order valence-electron chi connectivity index (χ0n) is 25.5. The van der Waals surface area contributed by atoms with Crippen molar-refractivity contribution in [2.24, 2.45) is 11.3 Å². The second kappa shape index (κ2) is 11.7. The maximum atomic E-state index is 13.2. The van der Waals surface area contributed by atoms with E-state index >= 15 is 0 Å². The molecule has 0 spiro atoms. The first-order valence-electron chi connectivity index (χ1n) is 14.4. The van der Waals surface area contributed by atoms with Crippen molar-refractivity contribution in [1.29, 1.82) is 0 Å². The molecule has 1 atom stereocenters. The Balaban J connectivity index is 1.55. The van der Waals surface area contributed by atoms with E-state index in [1.54, 1.807) is 7.05 Å². The van der Waals surface area contributed by atoms with Crippen LogP contribution in [0.15, 0.2) is 66.7 Å². The number of ether oxygens (including phenoxy) is 2. The van der Waals surface area contributed by atoms with Gasteiger partial charge >= 0.3 is 5.97 Å². The minimum absolute atomic E-state index is 0.277. The third kappa shape index (κ3) is 5.42. The summed E-state index contributed by atoms with van der Waals surface area (Å²) in [6, 6.07) is 23.2. The lowest BCUT2D eigenvalue weighted by molar-refractivity contribution is -0.151. The van der Waals surface area contributed by atoms with E-state index in [1.807, 2.05) is 32.9 Å². The average Bonchev–Trinajstić information content (AvgIpc) is 3.18. The van der Waals surface area contributed by atoms with E-state index in [9.17, 15) is 4.79 Å². The van der Waals surface area contributed by atoms with Crippen LogP contribution < -0.4 is 21.3 Å². The van der Waals surface area contributed by atoms with E-state index < -0.39 is 5.41 Å². The predicted molar refractivity (Wildman–Crippen MR) is 171 cm³/mol. The highest BCUT2D eigenvalue weighted by Gasteiger charge is 2.41. The molecule has 4 aromatic carbocycles. The van der Waals surface area contributed by atoms with Crippen LogP contribution in [0.3, 0.4) is 0 Å². The molecule has 1 heterocycles. The molecule has 220 valence electrons. The molecule has 0 bridgehead atoms. The van der Waals surface area contributed by atoms with Gasteiger partial charge in [-0.05, 0) is 78.4 Å². The average molecular weight is 567 g/mol. The first-order chi connectivity index (χ1) is 20.0. The predicted octanol–water partition coefficient (Wildman–Crippen LogP) is 6.07. The third-order valence-corrected chi connectivity index (χ3v) is 8.80. The number of rotatable bonds is 7. The van der Waals surface area contributed by atoms with Gasteiger partial charge in [0.25, 0.3) is 0 Å². The van der Waals surface area contributed by atoms with Gasteiger partial charge in [0.05, 0.1) is 23.9 Å². The van der Waals surface area contributed by atoms with Crippen molar-refractivity contribution < 1.29 is 14.3 Å². The maximum absolute atomic E-state index is 13.2. The number of hydrogen-bond donors (Lipinski definition) is 2. The Morgan fingerprint density at radius 1 is 1.10 bits per heavy atom. The van der Waals surface area contributed by atoms with Crippen molar-refractivity contribution in [1.82, 2.24) is 4.90 Å². The fraction of sp³-hybridized carbons (Fsp3) is 0.343. The lowest BCUT2D eigenvalue weighted by atomic mass is 9.69. The van der Waals surface area contributed by atoms with Crippen molar-refractivity contribution >= 4 is 28.1 Å². The highest BCUT2D eigenvalue weighted by Crippen LogP contribution is 2.45. The molecule has 0 fully saturated rings. The number of anilines is 2. The first-order valence-corrected chi connectivity index (χ1v) is 14.4. The summed E-state index contributed by atoms with van der Waals surface area (Å²) in [6.45, 7) is 11.0. The molecule has 1 aliphatic rings. The smallest absolute Gasteiger partial charge is 0.312 e. The Bertz CT molecular complexity index is 1630. The normalized spacial score (nSPS) is 14.5. The van der Waals surface area contributed by atoms with Crippen molar-refractivity contribution in [2.75, 3.05) is 38.1 Å². The van der Waals surface area contributed by atoms with E-state index in [2.05, 4.69) is 66.4 Å². The SMILES string of the molecule is COC(=O)C(C)(C)C(c1ccc(C)c(CN2CCOc3ccc4ccccc4c3C2)c1)c1ccc(N(C)N)c(N)c1C. The van der Waals surface area contributed by atoms with Crippen LogP contribution in [0.25, 0.3) is 10.8 Å². The molecule has 7 nitrogen and oxygen atoms in total. The molecule has 4 aromatic rings. The number of nitrogens with two attached hydrogens (primary N) is 2. The van der Waals surface area contributed by atoms with Gasteiger partial charge in [-0.3, -0.25) is 9.69 Å². The van der Waals surface area contributed by atoms with Crippen LogP contribution in [0, 0.1) is 19.3 Å². The van der Waals surface area contributed by atoms with E-state index in [4.69, 9.17) is 21.1 Å². The molecular formula is C35H42N4O3. The molecule has 0 aromatic heterocycles. The number of benzene rings is 4. The second-order valence-corrected chi connectivity index (χ2v) is 12.0. The van der Waals surface area contributed by atoms with E-state index in [0.29, 0.717) is 12.3 Å². The number of aryl methyl sites for hydroxylation is 1. The van der Waals surface area contributed by atoms with Crippen LogP contribution >= 0.6 is 0 Å². The standard InChI is InChI=1S/C35H42N4O3/c1-22-11-12-25(32(35(3,4)34(40)41-6)27-14-15-30(38(5)37)33(36)23(27)2)19-26(22)20-39-17-18-42-31-16-13-24-9-7-8-10-28(24)29(31)21-39/h7-16,19,32H,17-18,20-21,36-37H2,1-6H3. The summed E-state index contributed by atoms with van der Waals surface area (Å²) in [5, 5.41) is 3.96. The maximum Gasteiger partial charge on any atom is 0.312 e. The fourth-order valence-electron chi connectivity index (χ4n) is 6.34. The van der Waals surface area contributed by atoms with Gasteiger partial charge < -0.3 is 20.2 Å². The van der Waals surface area contributed by atoms with Crippen molar-refractivity contribution in [2.45, 2.75) is 46.7 Å². The molecule has 0 radical (unpaired) electrons. The van der Waals surface area contributed by atoms with Gasteiger partial charge in [-0.1, -0.05) is 54.6 Å². The van der Waals surface area contributed by atoms with E-state index in [0.717, 1.165) is 47.8 Å². The number of hydrazine groups is 1. The summed E-state index contributed by atoms with van der Waals surface area (Å²) in [7, 11) is 3.21. The summed E-state index contributed by atoms with van der Waals surface area (Å²) < 4.78 is 11.5. The van der Waals surface area contributed by atoms with Crippen LogP contribution in [-0.4, -0.2) is 38.2 Å². The van der Waals surface area contributed by atoms with Gasteiger partial charge in [-0.15, -0.1) is 0 Å². The first kappa shape index (κ1) is 29.4. The summed E-state index contributed by atoms with van der Waals surface area (Å²) in [6.07, 6.45) is 0. The molecule has 4 N–H and O–H groups in total. The molecule has 1 aliphatic heterocycles. The van der Waals surface area contributed by atoms with Gasteiger partial charge in [0, 0.05) is 38.2 Å².